The molecule has 5 rings (SSSR count). The number of pyridine rings is 1. The van der Waals surface area contributed by atoms with Crippen LogP contribution in [0.2, 0.25) is 0 Å². The van der Waals surface area contributed by atoms with Gasteiger partial charge < -0.3 is 15.0 Å². The molecule has 0 saturated heterocycles. The van der Waals surface area contributed by atoms with Gasteiger partial charge in [0.05, 0.1) is 17.3 Å². The zero-order valence-corrected chi connectivity index (χ0v) is 27.9. The zero-order chi connectivity index (χ0) is 33.0. The summed E-state index contributed by atoms with van der Waals surface area (Å²) in [6, 6.07) is 19.9. The van der Waals surface area contributed by atoms with Crippen LogP contribution in [0.5, 0.6) is 0 Å². The molecule has 6 nitrogen and oxygen atoms in total. The summed E-state index contributed by atoms with van der Waals surface area (Å²) in [5, 5.41) is 3.14. The average Bonchev–Trinajstić information content (AvgIpc) is 3.85. The van der Waals surface area contributed by atoms with Crippen LogP contribution in [0, 0.1) is 0 Å². The summed E-state index contributed by atoms with van der Waals surface area (Å²) in [7, 11) is 0. The SMILES string of the molecule is C=C/C=C(\C=C1/CN(Cc2ccc(-c3ccccc3C(=O)OC(C)(C)C)cc2)C(C)=C1C)C(=O)N[C@@H](C)c1cc(C2CC2)ccn1. The van der Waals surface area contributed by atoms with Crippen LogP contribution in [0.25, 0.3) is 11.1 Å². The Morgan fingerprint density at radius 1 is 1.09 bits per heavy atom. The maximum Gasteiger partial charge on any atom is 0.339 e. The molecule has 0 bridgehead atoms. The van der Waals surface area contributed by atoms with E-state index in [-0.39, 0.29) is 17.9 Å². The van der Waals surface area contributed by atoms with Gasteiger partial charge in [0.25, 0.3) is 5.91 Å². The predicted octanol–water partition coefficient (Wildman–Crippen LogP) is 8.61. The fourth-order valence-corrected chi connectivity index (χ4v) is 5.73. The van der Waals surface area contributed by atoms with Gasteiger partial charge in [-0.15, -0.1) is 0 Å². The topological polar surface area (TPSA) is 71.5 Å². The van der Waals surface area contributed by atoms with Crippen LogP contribution in [0.15, 0.2) is 114 Å². The Labute approximate surface area is 273 Å². The van der Waals surface area contributed by atoms with Gasteiger partial charge in [0.1, 0.15) is 5.60 Å². The first-order valence-corrected chi connectivity index (χ1v) is 16.1. The second kappa shape index (κ2) is 13.7. The van der Waals surface area contributed by atoms with E-state index in [0.29, 0.717) is 23.6 Å². The summed E-state index contributed by atoms with van der Waals surface area (Å²) in [6.45, 7) is 17.1. The van der Waals surface area contributed by atoms with Crippen LogP contribution >= 0.6 is 0 Å². The van der Waals surface area contributed by atoms with Crippen molar-refractivity contribution in [2.75, 3.05) is 6.54 Å². The predicted molar refractivity (Wildman–Crippen MR) is 185 cm³/mol. The molecule has 1 saturated carbocycles. The third-order valence-corrected chi connectivity index (χ3v) is 8.58. The lowest BCUT2D eigenvalue weighted by atomic mass is 9.98. The quantitative estimate of drug-likeness (QED) is 0.140. The monoisotopic (exact) mass is 615 g/mol. The lowest BCUT2D eigenvalue weighted by Crippen LogP contribution is -2.28. The molecule has 2 aromatic carbocycles. The van der Waals surface area contributed by atoms with Crippen molar-refractivity contribution >= 4 is 11.9 Å². The lowest BCUT2D eigenvalue weighted by molar-refractivity contribution is -0.117. The molecule has 238 valence electrons. The number of amides is 1. The number of benzene rings is 2. The molecule has 1 N–H and O–H groups in total. The molecule has 46 heavy (non-hydrogen) atoms. The van der Waals surface area contributed by atoms with E-state index in [9.17, 15) is 9.59 Å². The standard InChI is InChI=1S/C40H45N3O3/c1-8-11-33(38(44)42-27(3)37-23-32(20-21-41-37)30-18-19-30)22-34-25-43(28(4)26(34)2)24-29-14-16-31(17-15-29)35-12-9-10-13-36(35)39(45)46-40(5,6)7/h8-17,20-23,27,30H,1,18-19,24-25H2,2-7H3,(H,42,44)/b33-11+,34-22+/t27-/m0/s1. The van der Waals surface area contributed by atoms with E-state index in [2.05, 4.69) is 72.0 Å². The van der Waals surface area contributed by atoms with Gasteiger partial charge in [-0.1, -0.05) is 61.2 Å². The number of nitrogens with one attached hydrogen (secondary N) is 1. The number of hydrogen-bond donors (Lipinski definition) is 1. The molecule has 2 heterocycles. The highest BCUT2D eigenvalue weighted by atomic mass is 16.6. The molecule has 1 aliphatic carbocycles. The van der Waals surface area contributed by atoms with Crippen molar-refractivity contribution in [3.8, 4) is 11.1 Å². The van der Waals surface area contributed by atoms with E-state index in [1.54, 1.807) is 12.2 Å². The molecule has 1 aromatic heterocycles. The van der Waals surface area contributed by atoms with Crippen molar-refractivity contribution in [2.45, 2.75) is 78.5 Å². The zero-order valence-electron chi connectivity index (χ0n) is 27.9. The highest BCUT2D eigenvalue weighted by molar-refractivity contribution is 5.98. The van der Waals surface area contributed by atoms with E-state index in [1.165, 1.54) is 24.1 Å². The Balaban J connectivity index is 1.27. The van der Waals surface area contributed by atoms with Gasteiger partial charge in [0.2, 0.25) is 0 Å². The molecule has 0 spiro atoms. The van der Waals surface area contributed by atoms with Crippen LogP contribution in [-0.4, -0.2) is 33.9 Å². The number of hydrogen-bond acceptors (Lipinski definition) is 5. The summed E-state index contributed by atoms with van der Waals surface area (Å²) >= 11 is 0. The van der Waals surface area contributed by atoms with Crippen LogP contribution in [0.1, 0.15) is 93.5 Å². The normalized spacial score (nSPS) is 16.9. The molecule has 1 atom stereocenters. The highest BCUT2D eigenvalue weighted by Crippen LogP contribution is 2.40. The molecule has 0 unspecified atom stereocenters. The molecule has 1 fully saturated rings. The number of ether oxygens (including phenoxy) is 1. The van der Waals surface area contributed by atoms with Crippen LogP contribution in [0.4, 0.5) is 0 Å². The van der Waals surface area contributed by atoms with E-state index in [1.807, 2.05) is 64.2 Å². The maximum absolute atomic E-state index is 13.4. The Hall–Kier alpha value is -4.71. The Bertz CT molecular complexity index is 1720. The second-order valence-corrected chi connectivity index (χ2v) is 13.3. The first-order valence-electron chi connectivity index (χ1n) is 16.1. The first kappa shape index (κ1) is 32.7. The van der Waals surface area contributed by atoms with Crippen molar-refractivity contribution in [1.29, 1.82) is 0 Å². The number of esters is 1. The Morgan fingerprint density at radius 2 is 1.80 bits per heavy atom. The number of allylic oxidation sites excluding steroid dienone is 3. The largest absolute Gasteiger partial charge is 0.456 e. The smallest absolute Gasteiger partial charge is 0.339 e. The second-order valence-electron chi connectivity index (χ2n) is 13.3. The molecule has 1 amide bonds. The summed E-state index contributed by atoms with van der Waals surface area (Å²) in [6.07, 6.45) is 9.69. The Morgan fingerprint density at radius 3 is 2.48 bits per heavy atom. The summed E-state index contributed by atoms with van der Waals surface area (Å²) in [4.78, 5) is 33.2. The summed E-state index contributed by atoms with van der Waals surface area (Å²) in [5.41, 5.74) is 9.15. The maximum atomic E-state index is 13.4. The molecule has 1 aliphatic heterocycles. The number of aromatic nitrogens is 1. The number of carbonyl (C=O) groups is 2. The van der Waals surface area contributed by atoms with Gasteiger partial charge in [0, 0.05) is 30.6 Å². The number of rotatable bonds is 10. The molecular formula is C40H45N3O3. The third kappa shape index (κ3) is 7.92. The van der Waals surface area contributed by atoms with Gasteiger partial charge >= 0.3 is 5.97 Å². The third-order valence-electron chi connectivity index (χ3n) is 8.58. The lowest BCUT2D eigenvalue weighted by Gasteiger charge is -2.21. The first-order chi connectivity index (χ1) is 21.9. The average molecular weight is 616 g/mol. The Kier molecular flexibility index (Phi) is 9.76. The van der Waals surface area contributed by atoms with E-state index in [0.717, 1.165) is 40.1 Å². The fraction of sp³-hybridized carbons (Fsp3) is 0.325. The van der Waals surface area contributed by atoms with Gasteiger partial charge in [-0.25, -0.2) is 4.79 Å². The van der Waals surface area contributed by atoms with Crippen LogP contribution in [-0.2, 0) is 16.1 Å². The van der Waals surface area contributed by atoms with E-state index < -0.39 is 5.60 Å². The van der Waals surface area contributed by atoms with E-state index in [4.69, 9.17) is 4.74 Å². The molecular weight excluding hydrogens is 570 g/mol. The van der Waals surface area contributed by atoms with Crippen molar-refractivity contribution in [1.82, 2.24) is 15.2 Å². The summed E-state index contributed by atoms with van der Waals surface area (Å²) in [5.74, 6) is 0.157. The van der Waals surface area contributed by atoms with Crippen LogP contribution in [0.3, 0.4) is 0 Å². The highest BCUT2D eigenvalue weighted by Gasteiger charge is 2.26. The van der Waals surface area contributed by atoms with Crippen molar-refractivity contribution in [3.63, 3.8) is 0 Å². The molecule has 3 aromatic rings. The van der Waals surface area contributed by atoms with Gasteiger partial charge in [0.15, 0.2) is 0 Å². The minimum absolute atomic E-state index is 0.148. The summed E-state index contributed by atoms with van der Waals surface area (Å²) < 4.78 is 5.65. The van der Waals surface area contributed by atoms with Crippen molar-refractivity contribution in [3.05, 3.63) is 136 Å². The van der Waals surface area contributed by atoms with Gasteiger partial charge in [-0.3, -0.25) is 9.78 Å². The van der Waals surface area contributed by atoms with Gasteiger partial charge in [-0.05, 0) is 118 Å². The number of nitrogens with zero attached hydrogens (tertiary/aromatic N) is 2. The van der Waals surface area contributed by atoms with Crippen molar-refractivity contribution < 1.29 is 14.3 Å². The fourth-order valence-electron chi connectivity index (χ4n) is 5.73. The minimum Gasteiger partial charge on any atom is -0.456 e. The van der Waals surface area contributed by atoms with Gasteiger partial charge in [-0.2, -0.15) is 0 Å². The van der Waals surface area contributed by atoms with Crippen molar-refractivity contribution in [2.24, 2.45) is 0 Å². The van der Waals surface area contributed by atoms with Crippen LogP contribution < -0.4 is 5.32 Å². The molecule has 2 aliphatic rings. The number of carbonyl (C=O) groups excluding carboxylic acids is 2. The molecule has 6 heteroatoms. The molecule has 0 radical (unpaired) electrons. The minimum atomic E-state index is -0.565. The van der Waals surface area contributed by atoms with E-state index >= 15 is 0 Å².